The molecule has 0 aliphatic carbocycles. The summed E-state index contributed by atoms with van der Waals surface area (Å²) >= 11 is 0. The van der Waals surface area contributed by atoms with Crippen LogP contribution in [0.3, 0.4) is 0 Å². The zero-order chi connectivity index (χ0) is 8.85. The van der Waals surface area contributed by atoms with Crippen LogP contribution in [0.25, 0.3) is 0 Å². The van der Waals surface area contributed by atoms with E-state index in [1.165, 1.54) is 0 Å². The minimum absolute atomic E-state index is 0.0844. The van der Waals surface area contributed by atoms with Crippen LogP contribution in [0.1, 0.15) is 33.6 Å². The lowest BCUT2D eigenvalue weighted by atomic mass is 10.2. The van der Waals surface area contributed by atoms with Gasteiger partial charge in [0.15, 0.2) is 6.10 Å². The smallest absolute Gasteiger partial charge is 0.332 e. The molecule has 0 aromatic carbocycles. The molecule has 11 heavy (non-hydrogen) atoms. The van der Waals surface area contributed by atoms with E-state index in [1.807, 2.05) is 13.8 Å². The minimum Gasteiger partial charge on any atom is -0.479 e. The van der Waals surface area contributed by atoms with E-state index in [1.54, 1.807) is 6.92 Å². The normalized spacial score (nSPS) is 13.5. The highest BCUT2D eigenvalue weighted by atomic mass is 16.5. The second-order valence-corrected chi connectivity index (χ2v) is 2.56. The lowest BCUT2D eigenvalue weighted by Crippen LogP contribution is -2.25. The van der Waals surface area contributed by atoms with Gasteiger partial charge in [0.1, 0.15) is 0 Å². The van der Waals surface area contributed by atoms with Gasteiger partial charge in [-0.15, -0.1) is 0 Å². The number of carboxylic acid groups (broad SMARTS) is 1. The van der Waals surface area contributed by atoms with Crippen molar-refractivity contribution in [2.75, 3.05) is 0 Å². The first-order valence-electron chi connectivity index (χ1n) is 4.00. The third-order valence-electron chi connectivity index (χ3n) is 1.66. The van der Waals surface area contributed by atoms with Gasteiger partial charge < -0.3 is 9.84 Å². The van der Waals surface area contributed by atoms with E-state index in [0.717, 1.165) is 12.8 Å². The van der Waals surface area contributed by atoms with Gasteiger partial charge >= 0.3 is 5.97 Å². The third-order valence-corrected chi connectivity index (χ3v) is 1.66. The van der Waals surface area contributed by atoms with Crippen LogP contribution < -0.4 is 0 Å². The third kappa shape index (κ3) is 3.98. The molecule has 1 N–H and O–H groups in total. The summed E-state index contributed by atoms with van der Waals surface area (Å²) in [7, 11) is 0. The Bertz CT molecular complexity index is 119. The number of aliphatic carboxylic acids is 1. The number of hydrogen-bond donors (Lipinski definition) is 1. The molecule has 3 heteroatoms. The standard InChI is InChI=1S/C8H16O3/c1-4-7(5-2)11-6(3)8(9)10/h6-7H,4-5H2,1-3H3,(H,9,10)/t6-/m0/s1. The van der Waals surface area contributed by atoms with Gasteiger partial charge in [0.05, 0.1) is 6.10 Å². The summed E-state index contributed by atoms with van der Waals surface area (Å²) < 4.78 is 5.21. The van der Waals surface area contributed by atoms with Crippen LogP contribution in [-0.4, -0.2) is 23.3 Å². The second-order valence-electron chi connectivity index (χ2n) is 2.56. The quantitative estimate of drug-likeness (QED) is 0.665. The largest absolute Gasteiger partial charge is 0.479 e. The fourth-order valence-corrected chi connectivity index (χ4v) is 0.828. The Morgan fingerprint density at radius 1 is 1.45 bits per heavy atom. The Morgan fingerprint density at radius 3 is 2.18 bits per heavy atom. The maximum Gasteiger partial charge on any atom is 0.332 e. The summed E-state index contributed by atoms with van der Waals surface area (Å²) in [4.78, 5) is 10.3. The molecule has 66 valence electrons. The summed E-state index contributed by atoms with van der Waals surface area (Å²) in [6, 6.07) is 0. The van der Waals surface area contributed by atoms with Gasteiger partial charge in [-0.05, 0) is 19.8 Å². The summed E-state index contributed by atoms with van der Waals surface area (Å²) in [6.45, 7) is 5.53. The Labute approximate surface area is 67.4 Å². The Balaban J connectivity index is 3.71. The van der Waals surface area contributed by atoms with Gasteiger partial charge in [-0.2, -0.15) is 0 Å². The zero-order valence-electron chi connectivity index (χ0n) is 7.33. The molecule has 0 fully saturated rings. The molecular weight excluding hydrogens is 144 g/mol. The highest BCUT2D eigenvalue weighted by molar-refractivity contribution is 5.71. The first kappa shape index (κ1) is 10.4. The summed E-state index contributed by atoms with van der Waals surface area (Å²) in [5, 5.41) is 8.50. The van der Waals surface area contributed by atoms with Crippen LogP contribution >= 0.6 is 0 Å². The molecule has 0 saturated heterocycles. The van der Waals surface area contributed by atoms with Crippen molar-refractivity contribution in [1.82, 2.24) is 0 Å². The molecule has 0 bridgehead atoms. The van der Waals surface area contributed by atoms with Crippen LogP contribution in [0.5, 0.6) is 0 Å². The van der Waals surface area contributed by atoms with Crippen molar-refractivity contribution in [3.05, 3.63) is 0 Å². The van der Waals surface area contributed by atoms with E-state index in [0.29, 0.717) is 0 Å². The Hall–Kier alpha value is -0.570. The summed E-state index contributed by atoms with van der Waals surface area (Å²) in [5.74, 6) is -0.892. The van der Waals surface area contributed by atoms with E-state index in [4.69, 9.17) is 9.84 Å². The number of ether oxygens (including phenoxy) is 1. The molecule has 1 atom stereocenters. The molecule has 0 spiro atoms. The van der Waals surface area contributed by atoms with E-state index in [2.05, 4.69) is 0 Å². The molecule has 0 amide bonds. The fraction of sp³-hybridized carbons (Fsp3) is 0.875. The second kappa shape index (κ2) is 5.13. The number of carboxylic acids is 1. The van der Waals surface area contributed by atoms with Gasteiger partial charge in [-0.1, -0.05) is 13.8 Å². The Kier molecular flexibility index (Phi) is 4.86. The monoisotopic (exact) mass is 160 g/mol. The number of rotatable bonds is 5. The van der Waals surface area contributed by atoms with Crippen molar-refractivity contribution < 1.29 is 14.6 Å². The lowest BCUT2D eigenvalue weighted by Gasteiger charge is -2.16. The molecule has 0 heterocycles. The predicted octanol–water partition coefficient (Wildman–Crippen LogP) is 1.66. The molecule has 0 aromatic rings. The molecule has 0 aromatic heterocycles. The van der Waals surface area contributed by atoms with E-state index < -0.39 is 12.1 Å². The molecular formula is C8H16O3. The SMILES string of the molecule is CCC(CC)O[C@@H](C)C(=O)O. The van der Waals surface area contributed by atoms with Gasteiger partial charge in [-0.3, -0.25) is 0 Å². The van der Waals surface area contributed by atoms with E-state index >= 15 is 0 Å². The van der Waals surface area contributed by atoms with Crippen molar-refractivity contribution in [3.63, 3.8) is 0 Å². The van der Waals surface area contributed by atoms with Crippen molar-refractivity contribution in [1.29, 1.82) is 0 Å². The highest BCUT2D eigenvalue weighted by Crippen LogP contribution is 2.06. The molecule has 3 nitrogen and oxygen atoms in total. The topological polar surface area (TPSA) is 46.5 Å². The number of carbonyl (C=O) groups is 1. The predicted molar refractivity (Wildman–Crippen MR) is 42.6 cm³/mol. The molecule has 0 aliphatic heterocycles. The van der Waals surface area contributed by atoms with Crippen LogP contribution in [0, 0.1) is 0 Å². The van der Waals surface area contributed by atoms with Gasteiger partial charge in [0.25, 0.3) is 0 Å². The van der Waals surface area contributed by atoms with Crippen LogP contribution in [0.2, 0.25) is 0 Å². The van der Waals surface area contributed by atoms with Crippen LogP contribution in [0.4, 0.5) is 0 Å². The van der Waals surface area contributed by atoms with Crippen LogP contribution in [-0.2, 0) is 9.53 Å². The van der Waals surface area contributed by atoms with E-state index in [9.17, 15) is 4.79 Å². The fourth-order valence-electron chi connectivity index (χ4n) is 0.828. The average Bonchev–Trinajstić information content (AvgIpc) is 1.99. The molecule has 0 rings (SSSR count). The average molecular weight is 160 g/mol. The highest BCUT2D eigenvalue weighted by Gasteiger charge is 2.15. The molecule has 0 unspecified atom stereocenters. The van der Waals surface area contributed by atoms with Crippen molar-refractivity contribution in [2.24, 2.45) is 0 Å². The van der Waals surface area contributed by atoms with Crippen molar-refractivity contribution in [2.45, 2.75) is 45.8 Å². The van der Waals surface area contributed by atoms with E-state index in [-0.39, 0.29) is 6.10 Å². The van der Waals surface area contributed by atoms with Crippen molar-refractivity contribution in [3.8, 4) is 0 Å². The van der Waals surface area contributed by atoms with Gasteiger partial charge in [-0.25, -0.2) is 4.79 Å². The summed E-state index contributed by atoms with van der Waals surface area (Å²) in [5.41, 5.74) is 0. The first-order chi connectivity index (χ1) is 5.11. The number of hydrogen-bond acceptors (Lipinski definition) is 2. The Morgan fingerprint density at radius 2 is 1.91 bits per heavy atom. The molecule has 0 radical (unpaired) electrons. The maximum absolute atomic E-state index is 10.3. The molecule has 0 aliphatic rings. The lowest BCUT2D eigenvalue weighted by molar-refractivity contribution is -0.153. The molecule has 0 saturated carbocycles. The maximum atomic E-state index is 10.3. The van der Waals surface area contributed by atoms with Crippen molar-refractivity contribution >= 4 is 5.97 Å². The summed E-state index contributed by atoms with van der Waals surface area (Å²) in [6.07, 6.45) is 1.14. The minimum atomic E-state index is -0.892. The van der Waals surface area contributed by atoms with Gasteiger partial charge in [0.2, 0.25) is 0 Å². The first-order valence-corrected chi connectivity index (χ1v) is 4.00. The zero-order valence-corrected chi connectivity index (χ0v) is 7.33. The van der Waals surface area contributed by atoms with Gasteiger partial charge in [0, 0.05) is 0 Å². The van der Waals surface area contributed by atoms with Crippen LogP contribution in [0.15, 0.2) is 0 Å².